The van der Waals surface area contributed by atoms with Gasteiger partial charge in [-0.2, -0.15) is 0 Å². The van der Waals surface area contributed by atoms with Gasteiger partial charge in [0.1, 0.15) is 11.5 Å². The molecule has 0 amide bonds. The fourth-order valence-electron chi connectivity index (χ4n) is 2.22. The summed E-state index contributed by atoms with van der Waals surface area (Å²) in [6, 6.07) is 9.19. The molecule has 0 aromatic heterocycles. The highest BCUT2D eigenvalue weighted by Gasteiger charge is 2.33. The zero-order chi connectivity index (χ0) is 13.1. The van der Waals surface area contributed by atoms with Crippen LogP contribution in [0.2, 0.25) is 0 Å². The maximum atomic E-state index is 11.7. The molecule has 0 saturated heterocycles. The summed E-state index contributed by atoms with van der Waals surface area (Å²) in [5, 5.41) is 9.83. The van der Waals surface area contributed by atoms with Crippen molar-refractivity contribution in [2.45, 2.75) is 18.8 Å². The van der Waals surface area contributed by atoms with E-state index in [1.54, 1.807) is 0 Å². The van der Waals surface area contributed by atoms with Crippen LogP contribution in [0.3, 0.4) is 0 Å². The summed E-state index contributed by atoms with van der Waals surface area (Å²) >= 11 is 0. The van der Waals surface area contributed by atoms with E-state index >= 15 is 0 Å². The molecule has 4 heteroatoms. The number of carbonyl (C=O) groups excluding carboxylic acids is 2. The van der Waals surface area contributed by atoms with E-state index in [0.717, 1.165) is 5.56 Å². The zero-order valence-electron chi connectivity index (χ0n) is 10.1. The molecule has 1 aromatic carbocycles. The van der Waals surface area contributed by atoms with Crippen molar-refractivity contribution in [3.63, 3.8) is 0 Å². The Morgan fingerprint density at radius 1 is 1.33 bits per heavy atom. The molecule has 1 N–H and O–H groups in total. The van der Waals surface area contributed by atoms with Gasteiger partial charge in [0, 0.05) is 12.3 Å². The van der Waals surface area contributed by atoms with Crippen LogP contribution in [0.1, 0.15) is 24.3 Å². The highest BCUT2D eigenvalue weighted by atomic mass is 16.5. The molecule has 1 atom stereocenters. The lowest BCUT2D eigenvalue weighted by Gasteiger charge is -2.24. The SMILES string of the molecule is COC(=O)C1=C(O)CC(=O)CC1c1ccccc1. The molecular weight excluding hydrogens is 232 g/mol. The maximum Gasteiger partial charge on any atom is 0.337 e. The van der Waals surface area contributed by atoms with E-state index in [-0.39, 0.29) is 30.0 Å². The van der Waals surface area contributed by atoms with Crippen LogP contribution < -0.4 is 0 Å². The summed E-state index contributed by atoms with van der Waals surface area (Å²) in [5.74, 6) is -1.24. The second-order valence-corrected chi connectivity index (χ2v) is 4.23. The molecule has 1 unspecified atom stereocenters. The van der Waals surface area contributed by atoms with Crippen LogP contribution >= 0.6 is 0 Å². The van der Waals surface area contributed by atoms with Gasteiger partial charge in [0.2, 0.25) is 0 Å². The Balaban J connectivity index is 2.46. The molecule has 94 valence electrons. The van der Waals surface area contributed by atoms with Crippen LogP contribution in [0.25, 0.3) is 0 Å². The van der Waals surface area contributed by atoms with Crippen LogP contribution in [-0.2, 0) is 14.3 Å². The number of Topliss-reactive ketones (excluding diaryl/α,β-unsaturated/α-hetero) is 1. The minimum Gasteiger partial charge on any atom is -0.511 e. The van der Waals surface area contributed by atoms with E-state index in [1.807, 2.05) is 30.3 Å². The number of aliphatic hydroxyl groups excluding tert-OH is 1. The third-order valence-corrected chi connectivity index (χ3v) is 3.06. The first-order valence-corrected chi connectivity index (χ1v) is 5.70. The van der Waals surface area contributed by atoms with Gasteiger partial charge in [-0.3, -0.25) is 4.79 Å². The number of methoxy groups -OCH3 is 1. The molecule has 2 rings (SSSR count). The predicted molar refractivity (Wildman–Crippen MR) is 65.1 cm³/mol. The molecule has 0 aliphatic heterocycles. The maximum absolute atomic E-state index is 11.7. The highest BCUT2D eigenvalue weighted by Crippen LogP contribution is 2.35. The first kappa shape index (κ1) is 12.4. The molecule has 0 heterocycles. The van der Waals surface area contributed by atoms with Gasteiger partial charge in [0.15, 0.2) is 0 Å². The Bertz CT molecular complexity index is 502. The number of benzene rings is 1. The Morgan fingerprint density at radius 2 is 2.00 bits per heavy atom. The van der Waals surface area contributed by atoms with E-state index < -0.39 is 11.9 Å². The quantitative estimate of drug-likeness (QED) is 0.812. The summed E-state index contributed by atoms with van der Waals surface area (Å²) in [6.45, 7) is 0. The Kier molecular flexibility index (Phi) is 3.46. The number of aliphatic hydroxyl groups is 1. The lowest BCUT2D eigenvalue weighted by Crippen LogP contribution is -2.24. The van der Waals surface area contributed by atoms with Crippen molar-refractivity contribution in [1.82, 2.24) is 0 Å². The number of allylic oxidation sites excluding steroid dienone is 1. The Hall–Kier alpha value is -2.10. The Labute approximate surface area is 105 Å². The number of rotatable bonds is 2. The second-order valence-electron chi connectivity index (χ2n) is 4.23. The second kappa shape index (κ2) is 5.04. The minimum atomic E-state index is -0.575. The van der Waals surface area contributed by atoms with Gasteiger partial charge in [-0.1, -0.05) is 30.3 Å². The van der Waals surface area contributed by atoms with Crippen molar-refractivity contribution in [3.05, 3.63) is 47.2 Å². The van der Waals surface area contributed by atoms with Crippen molar-refractivity contribution >= 4 is 11.8 Å². The number of carbonyl (C=O) groups is 2. The third kappa shape index (κ3) is 2.27. The standard InChI is InChI=1S/C14H14O4/c1-18-14(17)13-11(7-10(15)8-12(13)16)9-5-3-2-4-6-9/h2-6,11,16H,7-8H2,1H3. The van der Waals surface area contributed by atoms with Crippen molar-refractivity contribution in [2.75, 3.05) is 7.11 Å². The van der Waals surface area contributed by atoms with Crippen molar-refractivity contribution in [1.29, 1.82) is 0 Å². The minimum absolute atomic E-state index is 0.0750. The normalized spacial score (nSPS) is 19.8. The zero-order valence-corrected chi connectivity index (χ0v) is 10.1. The molecule has 1 aliphatic carbocycles. The van der Waals surface area contributed by atoms with Gasteiger partial charge in [-0.25, -0.2) is 4.79 Å². The van der Waals surface area contributed by atoms with E-state index in [4.69, 9.17) is 0 Å². The van der Waals surface area contributed by atoms with Crippen molar-refractivity contribution < 1.29 is 19.4 Å². The number of ether oxygens (including phenoxy) is 1. The van der Waals surface area contributed by atoms with Crippen LogP contribution in [0.4, 0.5) is 0 Å². The van der Waals surface area contributed by atoms with Gasteiger partial charge in [0.25, 0.3) is 0 Å². The molecular formula is C14H14O4. The Morgan fingerprint density at radius 3 is 2.61 bits per heavy atom. The number of ketones is 1. The molecule has 0 fully saturated rings. The fourth-order valence-corrected chi connectivity index (χ4v) is 2.22. The van der Waals surface area contributed by atoms with E-state index in [9.17, 15) is 14.7 Å². The fraction of sp³-hybridized carbons (Fsp3) is 0.286. The highest BCUT2D eigenvalue weighted by molar-refractivity contribution is 5.96. The molecule has 0 spiro atoms. The largest absolute Gasteiger partial charge is 0.511 e. The summed E-state index contributed by atoms with van der Waals surface area (Å²) in [6.07, 6.45) is 0.131. The molecule has 0 saturated carbocycles. The van der Waals surface area contributed by atoms with Crippen LogP contribution in [0.5, 0.6) is 0 Å². The molecule has 1 aliphatic rings. The lowest BCUT2D eigenvalue weighted by atomic mass is 9.81. The van der Waals surface area contributed by atoms with Crippen LogP contribution in [0.15, 0.2) is 41.7 Å². The van der Waals surface area contributed by atoms with Gasteiger partial charge < -0.3 is 9.84 Å². The number of esters is 1. The lowest BCUT2D eigenvalue weighted by molar-refractivity contribution is -0.137. The first-order chi connectivity index (χ1) is 8.63. The van der Waals surface area contributed by atoms with Crippen molar-refractivity contribution in [2.24, 2.45) is 0 Å². The average Bonchev–Trinajstić information content (AvgIpc) is 2.38. The molecule has 0 radical (unpaired) electrons. The molecule has 0 bridgehead atoms. The van der Waals surface area contributed by atoms with Crippen LogP contribution in [0, 0.1) is 0 Å². The van der Waals surface area contributed by atoms with E-state index in [2.05, 4.69) is 4.74 Å². The van der Waals surface area contributed by atoms with Gasteiger partial charge in [0.05, 0.1) is 19.1 Å². The van der Waals surface area contributed by atoms with Gasteiger partial charge in [-0.05, 0) is 5.56 Å². The van der Waals surface area contributed by atoms with E-state index in [1.165, 1.54) is 7.11 Å². The predicted octanol–water partition coefficient (Wildman–Crippen LogP) is 2.12. The summed E-state index contributed by atoms with van der Waals surface area (Å²) in [7, 11) is 1.26. The number of hydrogen-bond donors (Lipinski definition) is 1. The molecule has 18 heavy (non-hydrogen) atoms. The van der Waals surface area contributed by atoms with Crippen LogP contribution in [-0.4, -0.2) is 24.0 Å². The van der Waals surface area contributed by atoms with Gasteiger partial charge in [-0.15, -0.1) is 0 Å². The van der Waals surface area contributed by atoms with Gasteiger partial charge >= 0.3 is 5.97 Å². The topological polar surface area (TPSA) is 63.6 Å². The summed E-state index contributed by atoms with van der Waals surface area (Å²) < 4.78 is 4.68. The third-order valence-electron chi connectivity index (χ3n) is 3.06. The molecule has 4 nitrogen and oxygen atoms in total. The van der Waals surface area contributed by atoms with Crippen molar-refractivity contribution in [3.8, 4) is 0 Å². The first-order valence-electron chi connectivity index (χ1n) is 5.70. The summed E-state index contributed by atoms with van der Waals surface area (Å²) in [4.78, 5) is 23.3. The molecule has 1 aromatic rings. The summed E-state index contributed by atoms with van der Waals surface area (Å²) in [5.41, 5.74) is 1.03. The number of hydrogen-bond acceptors (Lipinski definition) is 4. The smallest absolute Gasteiger partial charge is 0.337 e. The van der Waals surface area contributed by atoms with E-state index in [0.29, 0.717) is 0 Å². The average molecular weight is 246 g/mol. The monoisotopic (exact) mass is 246 g/mol.